The summed E-state index contributed by atoms with van der Waals surface area (Å²) >= 11 is 4.15. The summed E-state index contributed by atoms with van der Waals surface area (Å²) in [5.41, 5.74) is 3.13. The van der Waals surface area contributed by atoms with Gasteiger partial charge in [-0.05, 0) is 42.0 Å². The van der Waals surface area contributed by atoms with E-state index in [2.05, 4.69) is 33.4 Å². The monoisotopic (exact) mass is 212 g/mol. The van der Waals surface area contributed by atoms with Gasteiger partial charge in [-0.1, -0.05) is 20.8 Å². The third-order valence-corrected chi connectivity index (χ3v) is 3.18. The fraction of sp³-hybridized carbons (Fsp3) is 0.500. The largest absolute Gasteiger partial charge is 0.206 e. The number of halogens is 1. The van der Waals surface area contributed by atoms with Gasteiger partial charge in [0.1, 0.15) is 5.82 Å². The van der Waals surface area contributed by atoms with Crippen molar-refractivity contribution in [1.82, 2.24) is 0 Å². The Balaban J connectivity index is 3.49. The maximum atomic E-state index is 13.5. The molecule has 0 aliphatic heterocycles. The highest BCUT2D eigenvalue weighted by Gasteiger charge is 2.20. The van der Waals surface area contributed by atoms with Crippen molar-refractivity contribution < 1.29 is 4.39 Å². The summed E-state index contributed by atoms with van der Waals surface area (Å²) in [4.78, 5) is 0.468. The molecule has 0 unspecified atom stereocenters. The summed E-state index contributed by atoms with van der Waals surface area (Å²) in [7, 11) is 0. The maximum Gasteiger partial charge on any atom is 0.137 e. The van der Waals surface area contributed by atoms with Gasteiger partial charge in [0.15, 0.2) is 0 Å². The molecule has 0 spiro atoms. The number of hydrogen-bond acceptors (Lipinski definition) is 1. The Bertz CT molecular complexity index is 362. The zero-order chi connectivity index (χ0) is 11.1. The SMILES string of the molecule is Cc1c(C(C)(C)C)cc(F)c(S)c1C. The van der Waals surface area contributed by atoms with Crippen molar-refractivity contribution in [2.75, 3.05) is 0 Å². The molecule has 0 amide bonds. The van der Waals surface area contributed by atoms with Gasteiger partial charge >= 0.3 is 0 Å². The van der Waals surface area contributed by atoms with Gasteiger partial charge in [-0.25, -0.2) is 4.39 Å². The first-order valence-electron chi connectivity index (χ1n) is 4.74. The molecule has 0 radical (unpaired) electrons. The van der Waals surface area contributed by atoms with E-state index in [0.29, 0.717) is 4.90 Å². The van der Waals surface area contributed by atoms with E-state index in [1.807, 2.05) is 13.8 Å². The summed E-state index contributed by atoms with van der Waals surface area (Å²) in [6.07, 6.45) is 0. The topological polar surface area (TPSA) is 0 Å². The third kappa shape index (κ3) is 1.95. The zero-order valence-corrected chi connectivity index (χ0v) is 10.3. The Morgan fingerprint density at radius 1 is 1.14 bits per heavy atom. The van der Waals surface area contributed by atoms with Gasteiger partial charge in [0.05, 0.1) is 0 Å². The average molecular weight is 212 g/mol. The Hall–Kier alpha value is -0.500. The quantitative estimate of drug-likeness (QED) is 0.617. The van der Waals surface area contributed by atoms with Gasteiger partial charge in [0.25, 0.3) is 0 Å². The van der Waals surface area contributed by atoms with Crippen molar-refractivity contribution in [1.29, 1.82) is 0 Å². The van der Waals surface area contributed by atoms with Gasteiger partial charge in [0.2, 0.25) is 0 Å². The number of benzene rings is 1. The lowest BCUT2D eigenvalue weighted by atomic mass is 9.82. The highest BCUT2D eigenvalue weighted by Crippen LogP contribution is 2.31. The Kier molecular flexibility index (Phi) is 2.96. The summed E-state index contributed by atoms with van der Waals surface area (Å²) in [5, 5.41) is 0. The molecule has 14 heavy (non-hydrogen) atoms. The van der Waals surface area contributed by atoms with Crippen molar-refractivity contribution in [3.05, 3.63) is 28.6 Å². The van der Waals surface area contributed by atoms with E-state index in [1.54, 1.807) is 6.07 Å². The molecule has 0 saturated carbocycles. The highest BCUT2D eigenvalue weighted by molar-refractivity contribution is 7.80. The molecule has 2 heteroatoms. The van der Waals surface area contributed by atoms with E-state index in [9.17, 15) is 4.39 Å². The minimum absolute atomic E-state index is 0.0167. The van der Waals surface area contributed by atoms with Crippen molar-refractivity contribution in [3.63, 3.8) is 0 Å². The third-order valence-electron chi connectivity index (χ3n) is 2.63. The first-order valence-corrected chi connectivity index (χ1v) is 5.19. The molecule has 0 atom stereocenters. The van der Waals surface area contributed by atoms with Crippen LogP contribution in [0.2, 0.25) is 0 Å². The lowest BCUT2D eigenvalue weighted by Gasteiger charge is -2.23. The molecule has 1 aromatic rings. The van der Waals surface area contributed by atoms with Crippen molar-refractivity contribution >= 4 is 12.6 Å². The van der Waals surface area contributed by atoms with Crippen molar-refractivity contribution in [2.45, 2.75) is 44.9 Å². The molecule has 0 aliphatic carbocycles. The number of thiol groups is 1. The smallest absolute Gasteiger partial charge is 0.137 e. The Morgan fingerprint density at radius 2 is 1.64 bits per heavy atom. The molecule has 0 aromatic heterocycles. The molecule has 78 valence electrons. The Labute approximate surface area is 90.9 Å². The summed E-state index contributed by atoms with van der Waals surface area (Å²) in [5.74, 6) is -0.221. The van der Waals surface area contributed by atoms with Crippen molar-refractivity contribution in [3.8, 4) is 0 Å². The lowest BCUT2D eigenvalue weighted by molar-refractivity contribution is 0.555. The van der Waals surface area contributed by atoms with Crippen LogP contribution in [0.5, 0.6) is 0 Å². The van der Waals surface area contributed by atoms with Crippen LogP contribution in [0.4, 0.5) is 4.39 Å². The Morgan fingerprint density at radius 3 is 2.07 bits per heavy atom. The molecule has 0 N–H and O–H groups in total. The van der Waals surface area contributed by atoms with Crippen molar-refractivity contribution in [2.24, 2.45) is 0 Å². The van der Waals surface area contributed by atoms with E-state index in [-0.39, 0.29) is 11.2 Å². The van der Waals surface area contributed by atoms with Crippen LogP contribution in [0.1, 0.15) is 37.5 Å². The molecule has 0 heterocycles. The summed E-state index contributed by atoms with van der Waals surface area (Å²) in [6, 6.07) is 1.60. The number of hydrogen-bond donors (Lipinski definition) is 1. The van der Waals surface area contributed by atoms with Gasteiger partial charge < -0.3 is 0 Å². The van der Waals surface area contributed by atoms with Crippen LogP contribution >= 0.6 is 12.6 Å². The van der Waals surface area contributed by atoms with E-state index in [1.165, 1.54) is 0 Å². The molecule has 1 aromatic carbocycles. The fourth-order valence-electron chi connectivity index (χ4n) is 1.64. The van der Waals surface area contributed by atoms with Crippen LogP contribution in [0.25, 0.3) is 0 Å². The minimum atomic E-state index is -0.221. The standard InChI is InChI=1S/C12H17FS/c1-7-8(2)11(14)10(13)6-9(7)12(3,4)5/h6,14H,1-5H3. The average Bonchev–Trinajstić information content (AvgIpc) is 2.06. The highest BCUT2D eigenvalue weighted by atomic mass is 32.1. The van der Waals surface area contributed by atoms with Crippen LogP contribution in [0.15, 0.2) is 11.0 Å². The van der Waals surface area contributed by atoms with Crippen LogP contribution in [-0.4, -0.2) is 0 Å². The predicted molar refractivity (Wildman–Crippen MR) is 61.8 cm³/mol. The van der Waals surface area contributed by atoms with E-state index in [0.717, 1.165) is 16.7 Å². The second kappa shape index (κ2) is 3.58. The fourth-order valence-corrected chi connectivity index (χ4v) is 1.87. The minimum Gasteiger partial charge on any atom is -0.206 e. The molecule has 0 fully saturated rings. The first-order chi connectivity index (χ1) is 6.25. The van der Waals surface area contributed by atoms with E-state index < -0.39 is 0 Å². The first kappa shape index (κ1) is 11.6. The van der Waals surface area contributed by atoms with Gasteiger partial charge in [-0.2, -0.15) is 0 Å². The maximum absolute atomic E-state index is 13.5. The molecule has 0 saturated heterocycles. The molecule has 0 nitrogen and oxygen atoms in total. The zero-order valence-electron chi connectivity index (χ0n) is 9.40. The van der Waals surface area contributed by atoms with Gasteiger partial charge in [0, 0.05) is 4.90 Å². The molecule has 1 rings (SSSR count). The van der Waals surface area contributed by atoms with E-state index in [4.69, 9.17) is 0 Å². The van der Waals surface area contributed by atoms with E-state index >= 15 is 0 Å². The molecular formula is C12H17FS. The van der Waals surface area contributed by atoms with Crippen LogP contribution in [0, 0.1) is 19.7 Å². The second-order valence-electron chi connectivity index (χ2n) is 4.75. The second-order valence-corrected chi connectivity index (χ2v) is 5.20. The predicted octanol–water partition coefficient (Wildman–Crippen LogP) is 4.03. The summed E-state index contributed by atoms with van der Waals surface area (Å²) < 4.78 is 13.5. The molecule has 0 aliphatic rings. The number of rotatable bonds is 0. The normalized spacial score (nSPS) is 11.9. The van der Waals surface area contributed by atoms with Crippen LogP contribution < -0.4 is 0 Å². The van der Waals surface area contributed by atoms with Crippen LogP contribution in [-0.2, 0) is 5.41 Å². The lowest BCUT2D eigenvalue weighted by Crippen LogP contribution is -2.14. The molecular weight excluding hydrogens is 195 g/mol. The summed E-state index contributed by atoms with van der Waals surface area (Å²) in [6.45, 7) is 10.2. The van der Waals surface area contributed by atoms with Gasteiger partial charge in [-0.3, -0.25) is 0 Å². The van der Waals surface area contributed by atoms with Crippen LogP contribution in [0.3, 0.4) is 0 Å². The van der Waals surface area contributed by atoms with Gasteiger partial charge in [-0.15, -0.1) is 12.6 Å². The molecule has 0 bridgehead atoms.